The van der Waals surface area contributed by atoms with Crippen LogP contribution in [0.1, 0.15) is 52.2 Å². The molecule has 0 saturated heterocycles. The molecule has 0 spiro atoms. The third kappa shape index (κ3) is 3.08. The van der Waals surface area contributed by atoms with E-state index in [4.69, 9.17) is 13.9 Å². The van der Waals surface area contributed by atoms with Gasteiger partial charge in [-0.2, -0.15) is 0 Å². The number of cyclic esters (lactones) is 1. The molecule has 2 saturated carbocycles. The summed E-state index contributed by atoms with van der Waals surface area (Å²) in [6.45, 7) is 7.60. The van der Waals surface area contributed by atoms with Crippen LogP contribution in [0.3, 0.4) is 0 Å². The molecule has 1 N–H and O–H groups in total. The van der Waals surface area contributed by atoms with Crippen LogP contribution in [0.4, 0.5) is 0 Å². The lowest BCUT2D eigenvalue weighted by atomic mass is 9.44. The predicted octanol–water partition coefficient (Wildman–Crippen LogP) is 3.11. The number of methoxy groups -OCH3 is 1. The van der Waals surface area contributed by atoms with Gasteiger partial charge < -0.3 is 19.0 Å². The smallest absolute Gasteiger partial charge is 0.331 e. The number of esters is 2. The maximum atomic E-state index is 13.8. The van der Waals surface area contributed by atoms with E-state index in [9.17, 15) is 24.3 Å². The van der Waals surface area contributed by atoms with Crippen LogP contribution in [-0.4, -0.2) is 41.3 Å². The molecule has 5 rings (SSSR count). The molecular formula is C27H30O8. The number of furan rings is 1. The lowest BCUT2D eigenvalue weighted by Gasteiger charge is -2.60. The van der Waals surface area contributed by atoms with E-state index in [-0.39, 0.29) is 30.1 Å². The van der Waals surface area contributed by atoms with E-state index < -0.39 is 58.0 Å². The fourth-order valence-corrected chi connectivity index (χ4v) is 7.41. The van der Waals surface area contributed by atoms with Gasteiger partial charge in [-0.05, 0) is 41.0 Å². The van der Waals surface area contributed by atoms with Crippen molar-refractivity contribution >= 4 is 23.5 Å². The summed E-state index contributed by atoms with van der Waals surface area (Å²) in [7, 11) is 1.32. The number of carbonyl (C=O) groups excluding carboxylic acids is 4. The molecule has 4 aliphatic rings. The molecule has 7 atom stereocenters. The number of fused-ring (bicyclic) bond motifs is 6. The Labute approximate surface area is 203 Å². The Morgan fingerprint density at radius 3 is 2.57 bits per heavy atom. The van der Waals surface area contributed by atoms with Crippen molar-refractivity contribution < 1.29 is 38.2 Å². The van der Waals surface area contributed by atoms with Gasteiger partial charge in [-0.3, -0.25) is 14.4 Å². The number of Topliss-reactive ketones (excluding diaryl/α,β-unsaturated/α-hetero) is 2. The molecule has 2 fully saturated rings. The van der Waals surface area contributed by atoms with Gasteiger partial charge in [0.25, 0.3) is 0 Å². The first-order chi connectivity index (χ1) is 16.4. The highest BCUT2D eigenvalue weighted by molar-refractivity contribution is 6.07. The van der Waals surface area contributed by atoms with Crippen LogP contribution >= 0.6 is 0 Å². The first-order valence-electron chi connectivity index (χ1n) is 11.9. The predicted molar refractivity (Wildman–Crippen MR) is 121 cm³/mol. The molecular weight excluding hydrogens is 452 g/mol. The van der Waals surface area contributed by atoms with Gasteiger partial charge in [-0.1, -0.05) is 27.7 Å². The molecule has 8 nitrogen and oxygen atoms in total. The maximum Gasteiger partial charge on any atom is 0.331 e. The molecule has 1 aliphatic heterocycles. The summed E-state index contributed by atoms with van der Waals surface area (Å²) >= 11 is 0. The number of allylic oxidation sites excluding steroid dienone is 1. The zero-order chi connectivity index (χ0) is 25.5. The summed E-state index contributed by atoms with van der Waals surface area (Å²) in [5.74, 6) is -3.74. The molecule has 0 amide bonds. The fraction of sp³-hybridized carbons (Fsp3) is 0.556. The minimum Gasteiger partial charge on any atom is -0.472 e. The van der Waals surface area contributed by atoms with Gasteiger partial charge in [0.1, 0.15) is 6.10 Å². The number of aliphatic hydroxyl groups is 1. The molecule has 2 heterocycles. The van der Waals surface area contributed by atoms with Crippen molar-refractivity contribution in [3.05, 3.63) is 47.5 Å². The van der Waals surface area contributed by atoms with Crippen molar-refractivity contribution in [3.8, 4) is 0 Å². The van der Waals surface area contributed by atoms with E-state index in [0.717, 1.165) is 0 Å². The molecule has 3 aliphatic carbocycles. The Kier molecular flexibility index (Phi) is 5.08. The standard InChI is InChI=1S/C27H30O8/c1-13-17(8-19(28)33-5)25(2,3)21-15(22(13)30)11-27(32)18-9-20(29)35-24(14-6-7-34-12-14)26(18,4)10-16(21)23(27)31/h6-7,9,11-13,16-17,21,24,32H,8,10H2,1-5H3. The molecule has 0 aromatic carbocycles. The van der Waals surface area contributed by atoms with Crippen molar-refractivity contribution in [2.75, 3.05) is 7.11 Å². The largest absolute Gasteiger partial charge is 0.472 e. The summed E-state index contributed by atoms with van der Waals surface area (Å²) in [6.07, 6.45) is 5.10. The second-order valence-electron chi connectivity index (χ2n) is 11.2. The second-order valence-corrected chi connectivity index (χ2v) is 11.2. The van der Waals surface area contributed by atoms with Crippen molar-refractivity contribution in [2.24, 2.45) is 34.5 Å². The number of hydrogen-bond donors (Lipinski definition) is 1. The number of hydrogen-bond acceptors (Lipinski definition) is 8. The highest BCUT2D eigenvalue weighted by Gasteiger charge is 2.67. The van der Waals surface area contributed by atoms with Gasteiger partial charge in [0, 0.05) is 41.2 Å². The Morgan fingerprint density at radius 1 is 1.23 bits per heavy atom. The van der Waals surface area contributed by atoms with Crippen LogP contribution < -0.4 is 0 Å². The zero-order valence-electron chi connectivity index (χ0n) is 20.5. The van der Waals surface area contributed by atoms with E-state index in [1.54, 1.807) is 13.0 Å². The summed E-state index contributed by atoms with van der Waals surface area (Å²) < 4.78 is 15.9. The van der Waals surface area contributed by atoms with Crippen LogP contribution in [0.15, 0.2) is 46.3 Å². The van der Waals surface area contributed by atoms with Crippen molar-refractivity contribution in [1.29, 1.82) is 0 Å². The van der Waals surface area contributed by atoms with Crippen molar-refractivity contribution in [1.82, 2.24) is 0 Å². The molecule has 186 valence electrons. The first kappa shape index (κ1) is 23.7. The van der Waals surface area contributed by atoms with E-state index in [2.05, 4.69) is 0 Å². The quantitative estimate of drug-likeness (QED) is 0.653. The molecule has 8 heteroatoms. The van der Waals surface area contributed by atoms with E-state index in [1.807, 2.05) is 20.8 Å². The normalized spacial score (nSPS) is 39.6. The number of rotatable bonds is 3. The van der Waals surface area contributed by atoms with Crippen LogP contribution in [-0.2, 0) is 28.7 Å². The monoisotopic (exact) mass is 482 g/mol. The van der Waals surface area contributed by atoms with E-state index in [0.29, 0.717) is 11.1 Å². The van der Waals surface area contributed by atoms with Gasteiger partial charge in [0.2, 0.25) is 0 Å². The Morgan fingerprint density at radius 2 is 1.94 bits per heavy atom. The molecule has 0 radical (unpaired) electrons. The van der Waals surface area contributed by atoms with Crippen LogP contribution in [0.2, 0.25) is 0 Å². The highest BCUT2D eigenvalue weighted by atomic mass is 16.5. The van der Waals surface area contributed by atoms with Crippen molar-refractivity contribution in [3.63, 3.8) is 0 Å². The Bertz CT molecular complexity index is 1190. The number of ether oxygens (including phenoxy) is 2. The summed E-state index contributed by atoms with van der Waals surface area (Å²) in [6, 6.07) is 1.70. The Balaban J connectivity index is 1.69. The van der Waals surface area contributed by atoms with Gasteiger partial charge >= 0.3 is 11.9 Å². The molecule has 7 unspecified atom stereocenters. The van der Waals surface area contributed by atoms with Gasteiger partial charge in [-0.25, -0.2) is 4.79 Å². The minimum absolute atomic E-state index is 0.0586. The third-order valence-corrected chi connectivity index (χ3v) is 9.08. The summed E-state index contributed by atoms with van der Waals surface area (Å²) in [4.78, 5) is 52.2. The number of carbonyl (C=O) groups is 4. The molecule has 1 aromatic rings. The zero-order valence-corrected chi connectivity index (χ0v) is 20.5. The van der Waals surface area contributed by atoms with Gasteiger partial charge in [-0.15, -0.1) is 0 Å². The van der Waals surface area contributed by atoms with Gasteiger partial charge in [0.15, 0.2) is 17.2 Å². The topological polar surface area (TPSA) is 120 Å². The van der Waals surface area contributed by atoms with Gasteiger partial charge in [0.05, 0.1) is 19.6 Å². The fourth-order valence-electron chi connectivity index (χ4n) is 7.41. The highest BCUT2D eigenvalue weighted by Crippen LogP contribution is 2.65. The van der Waals surface area contributed by atoms with Crippen LogP contribution in [0.5, 0.6) is 0 Å². The number of ketones is 2. The lowest BCUT2D eigenvalue weighted by Crippen LogP contribution is -2.64. The summed E-state index contributed by atoms with van der Waals surface area (Å²) in [5.41, 5.74) is -2.35. The molecule has 35 heavy (non-hydrogen) atoms. The van der Waals surface area contributed by atoms with Crippen molar-refractivity contribution in [2.45, 2.75) is 52.2 Å². The van der Waals surface area contributed by atoms with E-state index in [1.165, 1.54) is 31.8 Å². The van der Waals surface area contributed by atoms with Crippen LogP contribution in [0, 0.1) is 34.5 Å². The Hall–Kier alpha value is -3.00. The minimum atomic E-state index is -2.09. The third-order valence-electron chi connectivity index (χ3n) is 9.08. The lowest BCUT2D eigenvalue weighted by molar-refractivity contribution is -0.167. The van der Waals surface area contributed by atoms with E-state index >= 15 is 0 Å². The second kappa shape index (κ2) is 7.50. The molecule has 2 bridgehead atoms. The van der Waals surface area contributed by atoms with Crippen LogP contribution in [0.25, 0.3) is 0 Å². The maximum absolute atomic E-state index is 13.8. The first-order valence-corrected chi connectivity index (χ1v) is 11.9. The molecule has 1 aromatic heterocycles. The summed E-state index contributed by atoms with van der Waals surface area (Å²) in [5, 5.41) is 11.9. The SMILES string of the molecule is COC(=O)CC1C(C)C(=O)C2=CC3(O)C(=O)C(CC4(C)C3=CC(=O)OC4c3ccoc3)C2C1(C)C. The average Bonchev–Trinajstić information content (AvgIpc) is 3.33. The average molecular weight is 483 g/mol.